The summed E-state index contributed by atoms with van der Waals surface area (Å²) in [6, 6.07) is 13.3. The van der Waals surface area contributed by atoms with E-state index in [0.29, 0.717) is 10.5 Å². The van der Waals surface area contributed by atoms with E-state index in [0.717, 1.165) is 37.0 Å². The van der Waals surface area contributed by atoms with E-state index in [-0.39, 0.29) is 0 Å². The lowest BCUT2D eigenvalue weighted by Gasteiger charge is -2.21. The van der Waals surface area contributed by atoms with Gasteiger partial charge in [-0.3, -0.25) is 4.79 Å². The first-order valence-corrected chi connectivity index (χ1v) is 11.4. The molecule has 0 amide bonds. The Kier molecular flexibility index (Phi) is 10.0. The van der Waals surface area contributed by atoms with E-state index in [2.05, 4.69) is 41.0 Å². The maximum Gasteiger partial charge on any atom is 0.150 e. The predicted molar refractivity (Wildman–Crippen MR) is 122 cm³/mol. The molecule has 0 aliphatic carbocycles. The Morgan fingerprint density at radius 2 is 1.83 bits per heavy atom. The van der Waals surface area contributed by atoms with Crippen molar-refractivity contribution in [1.82, 2.24) is 10.2 Å². The Balaban J connectivity index is 0.000000360. The summed E-state index contributed by atoms with van der Waals surface area (Å²) in [5.74, 6) is 0. The molecule has 1 unspecified atom stereocenters. The average Bonchev–Trinajstić information content (AvgIpc) is 2.74. The van der Waals surface area contributed by atoms with E-state index in [9.17, 15) is 9.00 Å². The number of anilines is 1. The van der Waals surface area contributed by atoms with Crippen LogP contribution >= 0.6 is 0 Å². The SMILES string of the molecule is CCCCc1ccc(NS(=O)c2ccc(C)c(C=O)c2)cc1.CN1CCNCC1. The Bertz CT molecular complexity index is 787. The van der Waals surface area contributed by atoms with Gasteiger partial charge >= 0.3 is 0 Å². The van der Waals surface area contributed by atoms with Crippen LogP contribution in [0.2, 0.25) is 0 Å². The van der Waals surface area contributed by atoms with Crippen molar-refractivity contribution in [2.24, 2.45) is 0 Å². The molecule has 2 aromatic carbocycles. The van der Waals surface area contributed by atoms with Gasteiger partial charge in [-0.25, -0.2) is 4.21 Å². The van der Waals surface area contributed by atoms with Crippen molar-refractivity contribution in [3.8, 4) is 0 Å². The number of likely N-dealkylation sites (N-methyl/N-ethyl adjacent to an activating group) is 1. The van der Waals surface area contributed by atoms with Crippen LogP contribution in [0.5, 0.6) is 0 Å². The number of hydrogen-bond donors (Lipinski definition) is 2. The Morgan fingerprint density at radius 1 is 1.14 bits per heavy atom. The first-order valence-electron chi connectivity index (χ1n) is 10.3. The van der Waals surface area contributed by atoms with E-state index >= 15 is 0 Å². The molecule has 29 heavy (non-hydrogen) atoms. The van der Waals surface area contributed by atoms with Gasteiger partial charge < -0.3 is 14.9 Å². The summed E-state index contributed by atoms with van der Waals surface area (Å²) in [5, 5.41) is 3.27. The minimum absolute atomic E-state index is 0.572. The first-order chi connectivity index (χ1) is 14.0. The number of benzene rings is 2. The Labute approximate surface area is 177 Å². The number of hydrogen-bond acceptors (Lipinski definition) is 4. The zero-order valence-electron chi connectivity index (χ0n) is 17.7. The normalized spacial score (nSPS) is 15.1. The van der Waals surface area contributed by atoms with Crippen LogP contribution in [-0.4, -0.2) is 48.6 Å². The number of carbonyl (C=O) groups excluding carboxylic acids is 1. The fraction of sp³-hybridized carbons (Fsp3) is 0.435. The van der Waals surface area contributed by atoms with Gasteiger partial charge in [-0.1, -0.05) is 31.5 Å². The van der Waals surface area contributed by atoms with Crippen LogP contribution in [0.3, 0.4) is 0 Å². The highest BCUT2D eigenvalue weighted by molar-refractivity contribution is 7.86. The smallest absolute Gasteiger partial charge is 0.150 e. The highest BCUT2D eigenvalue weighted by Crippen LogP contribution is 2.17. The lowest BCUT2D eigenvalue weighted by Crippen LogP contribution is -2.40. The molecular weight excluding hydrogens is 382 g/mol. The maximum absolute atomic E-state index is 12.3. The molecule has 1 saturated heterocycles. The quantitative estimate of drug-likeness (QED) is 0.675. The van der Waals surface area contributed by atoms with Crippen molar-refractivity contribution in [2.75, 3.05) is 37.9 Å². The van der Waals surface area contributed by atoms with Gasteiger partial charge in [-0.05, 0) is 62.2 Å². The number of aldehydes is 1. The fourth-order valence-corrected chi connectivity index (χ4v) is 3.82. The van der Waals surface area contributed by atoms with Crippen molar-refractivity contribution < 1.29 is 9.00 Å². The van der Waals surface area contributed by atoms with Gasteiger partial charge in [0.2, 0.25) is 0 Å². The monoisotopic (exact) mass is 415 g/mol. The number of rotatable bonds is 7. The van der Waals surface area contributed by atoms with E-state index < -0.39 is 11.0 Å². The van der Waals surface area contributed by atoms with Crippen LogP contribution in [0.25, 0.3) is 0 Å². The Morgan fingerprint density at radius 3 is 2.38 bits per heavy atom. The van der Waals surface area contributed by atoms with E-state index in [1.165, 1.54) is 31.5 Å². The fourth-order valence-electron chi connectivity index (χ4n) is 2.92. The topological polar surface area (TPSA) is 61.4 Å². The van der Waals surface area contributed by atoms with Gasteiger partial charge in [0.15, 0.2) is 0 Å². The number of aryl methyl sites for hydroxylation is 2. The summed E-state index contributed by atoms with van der Waals surface area (Å²) >= 11 is 0. The second kappa shape index (κ2) is 12.5. The number of unbranched alkanes of at least 4 members (excludes halogenated alkanes) is 1. The number of piperazine rings is 1. The molecular formula is C23H33N3O2S. The zero-order chi connectivity index (χ0) is 21.1. The molecule has 1 aliphatic heterocycles. The van der Waals surface area contributed by atoms with Gasteiger partial charge in [-0.15, -0.1) is 0 Å². The molecule has 1 aliphatic rings. The molecule has 158 valence electrons. The molecule has 0 radical (unpaired) electrons. The third-order valence-corrected chi connectivity index (χ3v) is 6.02. The lowest BCUT2D eigenvalue weighted by molar-refractivity contribution is 0.112. The third-order valence-electron chi connectivity index (χ3n) is 4.92. The zero-order valence-corrected chi connectivity index (χ0v) is 18.6. The van der Waals surface area contributed by atoms with E-state index in [1.54, 1.807) is 12.1 Å². The summed E-state index contributed by atoms with van der Waals surface area (Å²) in [5.41, 5.74) is 3.56. The molecule has 0 aromatic heterocycles. The van der Waals surface area contributed by atoms with Crippen molar-refractivity contribution in [1.29, 1.82) is 0 Å². The van der Waals surface area contributed by atoms with Crippen molar-refractivity contribution >= 4 is 23.0 Å². The summed E-state index contributed by atoms with van der Waals surface area (Å²) in [6.45, 7) is 8.78. The molecule has 0 saturated carbocycles. The minimum atomic E-state index is -1.38. The second-order valence-corrected chi connectivity index (χ2v) is 8.57. The largest absolute Gasteiger partial charge is 0.314 e. The number of carbonyl (C=O) groups is 1. The van der Waals surface area contributed by atoms with Crippen molar-refractivity contribution in [3.05, 3.63) is 59.2 Å². The molecule has 1 fully saturated rings. The van der Waals surface area contributed by atoms with Crippen LogP contribution in [0, 0.1) is 6.92 Å². The van der Waals surface area contributed by atoms with Crippen LogP contribution in [0.1, 0.15) is 41.3 Å². The van der Waals surface area contributed by atoms with Crippen LogP contribution < -0.4 is 10.0 Å². The highest BCUT2D eigenvalue weighted by Gasteiger charge is 2.07. The maximum atomic E-state index is 12.3. The lowest BCUT2D eigenvalue weighted by atomic mass is 10.1. The van der Waals surface area contributed by atoms with E-state index in [4.69, 9.17) is 0 Å². The predicted octanol–water partition coefficient (Wildman–Crippen LogP) is 3.81. The molecule has 3 rings (SSSR count). The number of nitrogens with one attached hydrogen (secondary N) is 2. The molecule has 2 aromatic rings. The minimum Gasteiger partial charge on any atom is -0.314 e. The summed E-state index contributed by atoms with van der Waals surface area (Å²) < 4.78 is 15.3. The standard InChI is InChI=1S/C18H21NO2S.C5H12N2/c1-3-4-5-15-7-9-17(10-8-15)19-22(21)18-11-6-14(2)16(12-18)13-20;1-7-4-2-6-3-5-7/h6-13,19H,3-5H2,1-2H3;6H,2-5H2,1H3. The number of nitrogens with zero attached hydrogens (tertiary/aromatic N) is 1. The van der Waals surface area contributed by atoms with Gasteiger partial charge in [0.1, 0.15) is 17.3 Å². The Hall–Kier alpha value is -2.02. The molecule has 1 heterocycles. The van der Waals surface area contributed by atoms with Crippen LogP contribution in [0.4, 0.5) is 5.69 Å². The average molecular weight is 416 g/mol. The highest BCUT2D eigenvalue weighted by atomic mass is 32.2. The van der Waals surface area contributed by atoms with Crippen molar-refractivity contribution in [3.63, 3.8) is 0 Å². The van der Waals surface area contributed by atoms with E-state index in [1.807, 2.05) is 25.1 Å². The van der Waals surface area contributed by atoms with Gasteiger partial charge in [0, 0.05) is 37.4 Å². The van der Waals surface area contributed by atoms with Crippen LogP contribution in [0.15, 0.2) is 47.4 Å². The van der Waals surface area contributed by atoms with Crippen LogP contribution in [-0.2, 0) is 17.4 Å². The molecule has 2 N–H and O–H groups in total. The molecule has 1 atom stereocenters. The molecule has 5 nitrogen and oxygen atoms in total. The summed E-state index contributed by atoms with van der Waals surface area (Å²) in [7, 11) is 0.778. The van der Waals surface area contributed by atoms with Gasteiger partial charge in [0.25, 0.3) is 0 Å². The van der Waals surface area contributed by atoms with Gasteiger partial charge in [0.05, 0.1) is 4.90 Å². The summed E-state index contributed by atoms with van der Waals surface area (Å²) in [4.78, 5) is 13.9. The summed E-state index contributed by atoms with van der Waals surface area (Å²) in [6.07, 6.45) is 4.21. The van der Waals surface area contributed by atoms with Gasteiger partial charge in [-0.2, -0.15) is 0 Å². The molecule has 6 heteroatoms. The second-order valence-electron chi connectivity index (χ2n) is 7.36. The molecule has 0 bridgehead atoms. The third kappa shape index (κ3) is 8.09. The first kappa shape index (κ1) is 23.3. The van der Waals surface area contributed by atoms with Crippen molar-refractivity contribution in [2.45, 2.75) is 38.0 Å². The molecule has 0 spiro atoms.